The number of hydrogen-bond acceptors (Lipinski definition) is 1. The van der Waals surface area contributed by atoms with Crippen LogP contribution >= 0.6 is 0 Å². The van der Waals surface area contributed by atoms with Crippen molar-refractivity contribution < 1.29 is 4.39 Å². The van der Waals surface area contributed by atoms with Crippen molar-refractivity contribution in [2.45, 2.75) is 19.3 Å². The Bertz CT molecular complexity index is 1500. The van der Waals surface area contributed by atoms with E-state index in [0.29, 0.717) is 0 Å². The molecule has 5 aromatic rings. The van der Waals surface area contributed by atoms with Crippen LogP contribution in [0, 0.1) is 5.82 Å². The summed E-state index contributed by atoms with van der Waals surface area (Å²) in [5.41, 5.74) is 10.0. The molecular weight excluding hydrogens is 393 g/mol. The number of pyridine rings is 1. The van der Waals surface area contributed by atoms with Crippen LogP contribution in [0.1, 0.15) is 25.0 Å². The standard InChI is InChI=1S/C30H22FN/c1-30(2)26-11-7-6-10-22(26)23-14-12-20(16-27(23)30)29-18-24(19-8-4-3-5-9-19)25-17-21(31)13-15-28(25)32-29/h3-18H,1-2H3. The fourth-order valence-electron chi connectivity index (χ4n) is 5.07. The fraction of sp³-hybridized carbons (Fsp3) is 0.100. The van der Waals surface area contributed by atoms with Gasteiger partial charge in [-0.05, 0) is 63.7 Å². The van der Waals surface area contributed by atoms with Crippen molar-refractivity contribution in [3.05, 3.63) is 114 Å². The highest BCUT2D eigenvalue weighted by atomic mass is 19.1. The van der Waals surface area contributed by atoms with Gasteiger partial charge in [-0.2, -0.15) is 0 Å². The van der Waals surface area contributed by atoms with Crippen LogP contribution in [-0.2, 0) is 5.41 Å². The number of aromatic nitrogens is 1. The molecule has 0 fully saturated rings. The highest BCUT2D eigenvalue weighted by Crippen LogP contribution is 2.49. The second-order valence-corrected chi connectivity index (χ2v) is 9.01. The predicted octanol–water partition coefficient (Wildman–Crippen LogP) is 8.01. The minimum atomic E-state index is -0.249. The average Bonchev–Trinajstić information content (AvgIpc) is 3.06. The molecule has 1 aliphatic carbocycles. The summed E-state index contributed by atoms with van der Waals surface area (Å²) in [6, 6.07) is 32.4. The number of benzene rings is 4. The van der Waals surface area contributed by atoms with Crippen LogP contribution in [0.15, 0.2) is 97.1 Å². The van der Waals surface area contributed by atoms with Gasteiger partial charge in [0.05, 0.1) is 11.2 Å². The Morgan fingerprint density at radius 3 is 2.22 bits per heavy atom. The lowest BCUT2D eigenvalue weighted by molar-refractivity contribution is 0.629. The summed E-state index contributed by atoms with van der Waals surface area (Å²) >= 11 is 0. The van der Waals surface area contributed by atoms with Crippen molar-refractivity contribution in [3.8, 4) is 33.5 Å². The van der Waals surface area contributed by atoms with Crippen molar-refractivity contribution >= 4 is 10.9 Å². The van der Waals surface area contributed by atoms with Crippen LogP contribution in [-0.4, -0.2) is 4.98 Å². The third kappa shape index (κ3) is 2.80. The van der Waals surface area contributed by atoms with Crippen LogP contribution < -0.4 is 0 Å². The molecule has 0 aliphatic heterocycles. The Kier molecular flexibility index (Phi) is 4.06. The lowest BCUT2D eigenvalue weighted by Gasteiger charge is -2.22. The molecular formula is C30H22FN. The van der Waals surface area contributed by atoms with Crippen LogP contribution in [0.2, 0.25) is 0 Å². The molecule has 1 nitrogen and oxygen atoms in total. The van der Waals surface area contributed by atoms with Crippen molar-refractivity contribution in [3.63, 3.8) is 0 Å². The number of halogens is 1. The zero-order valence-corrected chi connectivity index (χ0v) is 18.1. The number of nitrogens with zero attached hydrogens (tertiary/aromatic N) is 1. The summed E-state index contributed by atoms with van der Waals surface area (Å²) in [7, 11) is 0. The molecule has 0 amide bonds. The van der Waals surface area contributed by atoms with Crippen molar-refractivity contribution in [1.82, 2.24) is 4.98 Å². The summed E-state index contributed by atoms with van der Waals surface area (Å²) < 4.78 is 14.1. The second-order valence-electron chi connectivity index (χ2n) is 9.01. The van der Waals surface area contributed by atoms with Crippen LogP contribution in [0.3, 0.4) is 0 Å². The Morgan fingerprint density at radius 2 is 1.38 bits per heavy atom. The molecule has 154 valence electrons. The third-order valence-electron chi connectivity index (χ3n) is 6.73. The first-order chi connectivity index (χ1) is 15.5. The van der Waals surface area contributed by atoms with Gasteiger partial charge in [0, 0.05) is 16.4 Å². The van der Waals surface area contributed by atoms with E-state index < -0.39 is 0 Å². The number of fused-ring (bicyclic) bond motifs is 4. The molecule has 4 aromatic carbocycles. The van der Waals surface area contributed by atoms with E-state index in [9.17, 15) is 4.39 Å². The molecule has 6 rings (SSSR count). The maximum absolute atomic E-state index is 14.1. The molecule has 0 saturated heterocycles. The molecule has 0 saturated carbocycles. The van der Waals surface area contributed by atoms with E-state index in [2.05, 4.69) is 74.5 Å². The molecule has 1 aromatic heterocycles. The normalized spacial score (nSPS) is 13.7. The third-order valence-corrected chi connectivity index (χ3v) is 6.73. The largest absolute Gasteiger partial charge is 0.248 e. The molecule has 0 spiro atoms. The Morgan fingerprint density at radius 1 is 0.625 bits per heavy atom. The van der Waals surface area contributed by atoms with Crippen molar-refractivity contribution in [2.24, 2.45) is 0 Å². The summed E-state index contributed by atoms with van der Waals surface area (Å²) in [6.45, 7) is 4.57. The monoisotopic (exact) mass is 415 g/mol. The van der Waals surface area contributed by atoms with E-state index in [0.717, 1.165) is 33.3 Å². The highest BCUT2D eigenvalue weighted by molar-refractivity contribution is 5.97. The van der Waals surface area contributed by atoms with Gasteiger partial charge in [0.25, 0.3) is 0 Å². The second kappa shape index (κ2) is 6.86. The van der Waals surface area contributed by atoms with Crippen LogP contribution in [0.5, 0.6) is 0 Å². The molecule has 2 heteroatoms. The topological polar surface area (TPSA) is 12.9 Å². The SMILES string of the molecule is CC1(C)c2ccccc2-c2ccc(-c3cc(-c4ccccc4)c4cc(F)ccc4n3)cc21. The summed E-state index contributed by atoms with van der Waals surface area (Å²) in [5, 5.41) is 0.828. The first-order valence-corrected chi connectivity index (χ1v) is 10.9. The Hall–Kier alpha value is -3.78. The minimum Gasteiger partial charge on any atom is -0.248 e. The average molecular weight is 416 g/mol. The molecule has 0 radical (unpaired) electrons. The lowest BCUT2D eigenvalue weighted by Crippen LogP contribution is -2.14. The molecule has 0 N–H and O–H groups in total. The van der Waals surface area contributed by atoms with Gasteiger partial charge in [0.15, 0.2) is 0 Å². The molecule has 1 heterocycles. The maximum Gasteiger partial charge on any atom is 0.123 e. The predicted molar refractivity (Wildman–Crippen MR) is 130 cm³/mol. The van der Waals surface area contributed by atoms with Gasteiger partial charge >= 0.3 is 0 Å². The van der Waals surface area contributed by atoms with Gasteiger partial charge in [-0.3, -0.25) is 0 Å². The Labute approximate surface area is 187 Å². The summed E-state index contributed by atoms with van der Waals surface area (Å²) in [4.78, 5) is 4.93. The van der Waals surface area contributed by atoms with E-state index in [1.807, 2.05) is 18.2 Å². The van der Waals surface area contributed by atoms with E-state index in [-0.39, 0.29) is 11.2 Å². The first kappa shape index (κ1) is 18.9. The molecule has 32 heavy (non-hydrogen) atoms. The van der Waals surface area contributed by atoms with Gasteiger partial charge in [-0.1, -0.05) is 80.6 Å². The van der Waals surface area contributed by atoms with E-state index >= 15 is 0 Å². The summed E-state index contributed by atoms with van der Waals surface area (Å²) in [5.74, 6) is -0.249. The maximum atomic E-state index is 14.1. The van der Waals surface area contributed by atoms with E-state index in [1.165, 1.54) is 28.3 Å². The van der Waals surface area contributed by atoms with Crippen LogP contribution in [0.25, 0.3) is 44.4 Å². The molecule has 0 atom stereocenters. The fourth-order valence-corrected chi connectivity index (χ4v) is 5.07. The lowest BCUT2D eigenvalue weighted by atomic mass is 9.82. The van der Waals surface area contributed by atoms with Gasteiger partial charge in [-0.15, -0.1) is 0 Å². The van der Waals surface area contributed by atoms with E-state index in [4.69, 9.17) is 4.98 Å². The first-order valence-electron chi connectivity index (χ1n) is 10.9. The number of hydrogen-bond donors (Lipinski definition) is 0. The zero-order valence-electron chi connectivity index (χ0n) is 18.1. The van der Waals surface area contributed by atoms with Gasteiger partial charge in [-0.25, -0.2) is 9.37 Å². The zero-order chi connectivity index (χ0) is 21.9. The van der Waals surface area contributed by atoms with E-state index in [1.54, 1.807) is 12.1 Å². The van der Waals surface area contributed by atoms with Gasteiger partial charge in [0.2, 0.25) is 0 Å². The molecule has 0 unspecified atom stereocenters. The van der Waals surface area contributed by atoms with Crippen LogP contribution in [0.4, 0.5) is 4.39 Å². The van der Waals surface area contributed by atoms with Crippen molar-refractivity contribution in [2.75, 3.05) is 0 Å². The summed E-state index contributed by atoms with van der Waals surface area (Å²) in [6.07, 6.45) is 0. The van der Waals surface area contributed by atoms with Crippen molar-refractivity contribution in [1.29, 1.82) is 0 Å². The smallest absolute Gasteiger partial charge is 0.123 e. The molecule has 1 aliphatic rings. The highest BCUT2D eigenvalue weighted by Gasteiger charge is 2.35. The quantitative estimate of drug-likeness (QED) is 0.284. The van der Waals surface area contributed by atoms with Gasteiger partial charge in [0.1, 0.15) is 5.82 Å². The molecule has 0 bridgehead atoms. The Balaban J connectivity index is 1.58. The van der Waals surface area contributed by atoms with Gasteiger partial charge < -0.3 is 0 Å². The minimum absolute atomic E-state index is 0.0653. The number of rotatable bonds is 2.